The lowest BCUT2D eigenvalue weighted by molar-refractivity contribution is -0.129. The molecule has 0 radical (unpaired) electrons. The fraction of sp³-hybridized carbons (Fsp3) is 0.0455. The monoisotopic (exact) mass is 407 g/mol. The molecule has 2 heterocycles. The van der Waals surface area contributed by atoms with Gasteiger partial charge in [0.2, 0.25) is 11.7 Å². The number of rotatable bonds is 5. The Kier molecular flexibility index (Phi) is 5.13. The van der Waals surface area contributed by atoms with Crippen LogP contribution in [0.5, 0.6) is 11.5 Å². The van der Waals surface area contributed by atoms with Crippen molar-refractivity contribution in [1.29, 1.82) is 0 Å². The van der Waals surface area contributed by atoms with Gasteiger partial charge in [-0.2, -0.15) is 0 Å². The molecule has 8 heteroatoms. The van der Waals surface area contributed by atoms with Crippen molar-refractivity contribution in [3.05, 3.63) is 89.3 Å². The summed E-state index contributed by atoms with van der Waals surface area (Å²) in [4.78, 5) is 28.3. The highest BCUT2D eigenvalue weighted by molar-refractivity contribution is 6.12. The molecule has 0 saturated heterocycles. The second kappa shape index (κ2) is 8.04. The van der Waals surface area contributed by atoms with Gasteiger partial charge in [-0.3, -0.25) is 0 Å². The molecule has 0 spiro atoms. The molecule has 150 valence electrons. The van der Waals surface area contributed by atoms with Gasteiger partial charge in [-0.05, 0) is 54.1 Å². The maximum atomic E-state index is 13.4. The molecule has 1 aliphatic rings. The molecule has 7 nitrogen and oxygen atoms in total. The zero-order valence-corrected chi connectivity index (χ0v) is 15.6. The zero-order valence-electron chi connectivity index (χ0n) is 15.6. The number of methoxy groups -OCH3 is 1. The molecule has 0 fully saturated rings. The van der Waals surface area contributed by atoms with Gasteiger partial charge in [-0.15, -0.1) is 0 Å². The van der Waals surface area contributed by atoms with Crippen LogP contribution in [0, 0.1) is 5.82 Å². The van der Waals surface area contributed by atoms with Crippen molar-refractivity contribution in [3.8, 4) is 11.5 Å². The molecule has 0 N–H and O–H groups in total. The number of ether oxygens (including phenoxy) is 3. The maximum Gasteiger partial charge on any atom is 0.379 e. The number of carbonyl (C=O) groups excluding carboxylic acids is 2. The molecule has 0 aliphatic carbocycles. The van der Waals surface area contributed by atoms with Crippen LogP contribution in [-0.2, 0) is 9.53 Å². The van der Waals surface area contributed by atoms with Crippen molar-refractivity contribution < 1.29 is 32.6 Å². The number of benzene rings is 2. The first-order valence-electron chi connectivity index (χ1n) is 8.76. The molecule has 0 atom stereocenters. The van der Waals surface area contributed by atoms with E-state index >= 15 is 0 Å². The molecular weight excluding hydrogens is 393 g/mol. The minimum Gasteiger partial charge on any atom is -0.493 e. The smallest absolute Gasteiger partial charge is 0.379 e. The number of aliphatic imine (C=N–C) groups is 1. The number of halogens is 1. The van der Waals surface area contributed by atoms with Crippen molar-refractivity contribution in [1.82, 2.24) is 0 Å². The summed E-state index contributed by atoms with van der Waals surface area (Å²) < 4.78 is 34.1. The molecule has 1 aliphatic heterocycles. The third kappa shape index (κ3) is 3.97. The third-order valence-electron chi connectivity index (χ3n) is 4.11. The average Bonchev–Trinajstić information content (AvgIpc) is 3.40. The highest BCUT2D eigenvalue weighted by atomic mass is 19.1. The lowest BCUT2D eigenvalue weighted by Crippen LogP contribution is -2.08. The Morgan fingerprint density at radius 1 is 1.10 bits per heavy atom. The standard InChI is InChI=1S/C22H14FNO6/c1-27-19-11-13(7-8-17(19)29-22(26)18-6-3-9-28-18)10-16-21(25)30-20(24-16)14-4-2-5-15(23)12-14/h2-12H,1H3/b16-10+. The average molecular weight is 407 g/mol. The summed E-state index contributed by atoms with van der Waals surface area (Å²) in [6.45, 7) is 0. The first-order chi connectivity index (χ1) is 14.5. The highest BCUT2D eigenvalue weighted by Gasteiger charge is 2.24. The molecular formula is C22H14FNO6. The fourth-order valence-electron chi connectivity index (χ4n) is 2.72. The molecule has 0 saturated carbocycles. The predicted molar refractivity (Wildman–Crippen MR) is 104 cm³/mol. The van der Waals surface area contributed by atoms with E-state index in [-0.39, 0.29) is 28.9 Å². The van der Waals surface area contributed by atoms with Crippen molar-refractivity contribution >= 4 is 23.9 Å². The van der Waals surface area contributed by atoms with Gasteiger partial charge in [-0.1, -0.05) is 12.1 Å². The number of nitrogens with zero attached hydrogens (tertiary/aromatic N) is 1. The van der Waals surface area contributed by atoms with Crippen LogP contribution < -0.4 is 9.47 Å². The number of furan rings is 1. The Morgan fingerprint density at radius 3 is 2.70 bits per heavy atom. The van der Waals surface area contributed by atoms with Crippen LogP contribution >= 0.6 is 0 Å². The van der Waals surface area contributed by atoms with Crippen LogP contribution in [-0.4, -0.2) is 24.9 Å². The van der Waals surface area contributed by atoms with E-state index < -0.39 is 17.8 Å². The van der Waals surface area contributed by atoms with E-state index in [4.69, 9.17) is 18.6 Å². The maximum absolute atomic E-state index is 13.4. The van der Waals surface area contributed by atoms with E-state index in [2.05, 4.69) is 4.99 Å². The van der Waals surface area contributed by atoms with Gasteiger partial charge in [0.25, 0.3) is 0 Å². The molecule has 0 bridgehead atoms. The summed E-state index contributed by atoms with van der Waals surface area (Å²) in [6.07, 6.45) is 2.84. The summed E-state index contributed by atoms with van der Waals surface area (Å²) in [5.41, 5.74) is 0.946. The van der Waals surface area contributed by atoms with Crippen LogP contribution in [0.4, 0.5) is 4.39 Å². The van der Waals surface area contributed by atoms with Gasteiger partial charge in [0.15, 0.2) is 17.2 Å². The number of hydrogen-bond donors (Lipinski definition) is 0. The lowest BCUT2D eigenvalue weighted by atomic mass is 10.1. The Hall–Kier alpha value is -4.20. The second-order valence-electron chi connectivity index (χ2n) is 6.12. The van der Waals surface area contributed by atoms with E-state index in [1.807, 2.05) is 0 Å². The lowest BCUT2D eigenvalue weighted by Gasteiger charge is -2.09. The molecule has 30 heavy (non-hydrogen) atoms. The SMILES string of the molecule is COc1cc(/C=C2/N=C(c3cccc(F)c3)OC2=O)ccc1OC(=O)c1ccco1. The van der Waals surface area contributed by atoms with E-state index in [0.717, 1.165) is 0 Å². The zero-order chi connectivity index (χ0) is 21.1. The topological polar surface area (TPSA) is 87.3 Å². The van der Waals surface area contributed by atoms with E-state index in [1.165, 1.54) is 49.8 Å². The molecule has 0 amide bonds. The first kappa shape index (κ1) is 19.1. The Labute approximate surface area is 170 Å². The van der Waals surface area contributed by atoms with Gasteiger partial charge in [0, 0.05) is 5.56 Å². The van der Waals surface area contributed by atoms with Crippen LogP contribution in [0.3, 0.4) is 0 Å². The third-order valence-corrected chi connectivity index (χ3v) is 4.11. The Morgan fingerprint density at radius 2 is 1.97 bits per heavy atom. The summed E-state index contributed by atoms with van der Waals surface area (Å²) in [5.74, 6) is -1.29. The van der Waals surface area contributed by atoms with Crippen molar-refractivity contribution in [2.24, 2.45) is 4.99 Å². The number of hydrogen-bond acceptors (Lipinski definition) is 7. The van der Waals surface area contributed by atoms with Gasteiger partial charge in [0.05, 0.1) is 13.4 Å². The molecule has 0 unspecified atom stereocenters. The normalized spacial score (nSPS) is 14.4. The predicted octanol–water partition coefficient (Wildman–Crippen LogP) is 3.99. The van der Waals surface area contributed by atoms with Gasteiger partial charge < -0.3 is 18.6 Å². The molecule has 1 aromatic heterocycles. The summed E-state index contributed by atoms with van der Waals surface area (Å²) in [6, 6.07) is 13.3. The van der Waals surface area contributed by atoms with Gasteiger partial charge >= 0.3 is 11.9 Å². The van der Waals surface area contributed by atoms with E-state index in [1.54, 1.807) is 24.3 Å². The summed E-state index contributed by atoms with van der Waals surface area (Å²) >= 11 is 0. The van der Waals surface area contributed by atoms with Gasteiger partial charge in [-0.25, -0.2) is 19.0 Å². The van der Waals surface area contributed by atoms with Crippen LogP contribution in [0.15, 0.2) is 76.0 Å². The quantitative estimate of drug-likeness (QED) is 0.361. The van der Waals surface area contributed by atoms with Crippen LogP contribution in [0.25, 0.3) is 6.08 Å². The van der Waals surface area contributed by atoms with Crippen LogP contribution in [0.2, 0.25) is 0 Å². The molecule has 2 aromatic carbocycles. The second-order valence-corrected chi connectivity index (χ2v) is 6.12. The van der Waals surface area contributed by atoms with Crippen LogP contribution in [0.1, 0.15) is 21.7 Å². The van der Waals surface area contributed by atoms with E-state index in [9.17, 15) is 14.0 Å². The van der Waals surface area contributed by atoms with E-state index in [0.29, 0.717) is 11.1 Å². The minimum atomic E-state index is -0.673. The molecule has 3 aromatic rings. The highest BCUT2D eigenvalue weighted by Crippen LogP contribution is 2.30. The summed E-state index contributed by atoms with van der Waals surface area (Å²) in [5, 5.41) is 0. The number of esters is 2. The Balaban J connectivity index is 1.59. The molecule has 4 rings (SSSR count). The number of carbonyl (C=O) groups is 2. The number of cyclic esters (lactones) is 1. The minimum absolute atomic E-state index is 0.0155. The Bertz CT molecular complexity index is 1180. The first-order valence-corrected chi connectivity index (χ1v) is 8.76. The van der Waals surface area contributed by atoms with Gasteiger partial charge in [0.1, 0.15) is 5.82 Å². The van der Waals surface area contributed by atoms with Crippen molar-refractivity contribution in [2.45, 2.75) is 0 Å². The largest absolute Gasteiger partial charge is 0.493 e. The summed E-state index contributed by atoms with van der Waals surface area (Å²) in [7, 11) is 1.42. The van der Waals surface area contributed by atoms with Crippen molar-refractivity contribution in [3.63, 3.8) is 0 Å². The fourth-order valence-corrected chi connectivity index (χ4v) is 2.72. The van der Waals surface area contributed by atoms with Crippen molar-refractivity contribution in [2.75, 3.05) is 7.11 Å².